The molecule has 0 spiro atoms. The van der Waals surface area contributed by atoms with Gasteiger partial charge in [-0.25, -0.2) is 13.1 Å². The van der Waals surface area contributed by atoms with Gasteiger partial charge in [0.25, 0.3) is 5.91 Å². The summed E-state index contributed by atoms with van der Waals surface area (Å²) in [5, 5.41) is 11.3. The summed E-state index contributed by atoms with van der Waals surface area (Å²) in [7, 11) is -2.45. The Morgan fingerprint density at radius 2 is 1.88 bits per heavy atom. The van der Waals surface area contributed by atoms with Crippen LogP contribution in [0.4, 0.5) is 0 Å². The smallest absolute Gasteiger partial charge is 0.303 e. The Kier molecular flexibility index (Phi) is 8.53. The number of ether oxygens (including phenoxy) is 1. The molecule has 3 N–H and O–H groups in total. The molecule has 0 fully saturated rings. The number of carbonyl (C=O) groups is 2. The molecule has 0 bridgehead atoms. The predicted molar refractivity (Wildman–Crippen MR) is 96.9 cm³/mol. The van der Waals surface area contributed by atoms with Crippen molar-refractivity contribution in [2.45, 2.75) is 50.5 Å². The molecule has 9 heteroatoms. The van der Waals surface area contributed by atoms with Gasteiger partial charge in [-0.2, -0.15) is 0 Å². The number of benzene rings is 1. The van der Waals surface area contributed by atoms with Crippen molar-refractivity contribution in [3.8, 4) is 5.75 Å². The number of carbonyl (C=O) groups excluding carboxylic acids is 1. The maximum atomic E-state index is 12.4. The summed E-state index contributed by atoms with van der Waals surface area (Å²) in [5.41, 5.74) is 0.209. The Bertz CT molecular complexity index is 731. The Labute approximate surface area is 154 Å². The van der Waals surface area contributed by atoms with Gasteiger partial charge in [-0.1, -0.05) is 6.42 Å². The van der Waals surface area contributed by atoms with Crippen LogP contribution >= 0.6 is 0 Å². The minimum absolute atomic E-state index is 0.0946. The highest BCUT2D eigenvalue weighted by atomic mass is 32.2. The Morgan fingerprint density at radius 1 is 1.19 bits per heavy atom. The van der Waals surface area contributed by atoms with Crippen LogP contribution in [0.15, 0.2) is 23.1 Å². The molecule has 0 saturated heterocycles. The van der Waals surface area contributed by atoms with Crippen LogP contribution < -0.4 is 14.8 Å². The summed E-state index contributed by atoms with van der Waals surface area (Å²) >= 11 is 0. The van der Waals surface area contributed by atoms with E-state index in [2.05, 4.69) is 10.0 Å². The highest BCUT2D eigenvalue weighted by Crippen LogP contribution is 2.25. The van der Waals surface area contributed by atoms with E-state index in [1.54, 1.807) is 13.8 Å². The number of nitrogens with one attached hydrogen (secondary N) is 2. The van der Waals surface area contributed by atoms with Gasteiger partial charge in [0.2, 0.25) is 10.0 Å². The maximum Gasteiger partial charge on any atom is 0.303 e. The zero-order valence-electron chi connectivity index (χ0n) is 15.2. The third kappa shape index (κ3) is 7.01. The van der Waals surface area contributed by atoms with Crippen molar-refractivity contribution in [1.29, 1.82) is 0 Å². The van der Waals surface area contributed by atoms with Gasteiger partial charge >= 0.3 is 5.97 Å². The van der Waals surface area contributed by atoms with Gasteiger partial charge in [0.05, 0.1) is 7.11 Å². The molecule has 0 radical (unpaired) electrons. The Balaban J connectivity index is 2.77. The molecule has 1 aromatic carbocycles. The second-order valence-corrected chi connectivity index (χ2v) is 7.78. The fourth-order valence-corrected chi connectivity index (χ4v) is 3.73. The number of aliphatic carboxylic acids is 1. The number of sulfonamides is 1. The minimum atomic E-state index is -3.81. The number of rotatable bonds is 11. The molecule has 0 aliphatic rings. The van der Waals surface area contributed by atoms with E-state index in [4.69, 9.17) is 9.84 Å². The van der Waals surface area contributed by atoms with Crippen LogP contribution in [-0.4, -0.2) is 45.1 Å². The molecule has 1 amide bonds. The van der Waals surface area contributed by atoms with Crippen LogP contribution in [0.3, 0.4) is 0 Å². The van der Waals surface area contributed by atoms with Gasteiger partial charge in [0.15, 0.2) is 0 Å². The van der Waals surface area contributed by atoms with E-state index >= 15 is 0 Å². The van der Waals surface area contributed by atoms with Crippen molar-refractivity contribution in [1.82, 2.24) is 10.0 Å². The van der Waals surface area contributed by atoms with Crippen LogP contribution in [0.2, 0.25) is 0 Å². The standard InChI is InChI=1S/C17H26N2O6S/c1-12(2)19-26(23,24)15-11-13(8-9-14(15)25-3)17(22)18-10-6-4-5-7-16(20)21/h8-9,11-12,19H,4-7,10H2,1-3H3,(H,18,22)(H,20,21). The zero-order valence-corrected chi connectivity index (χ0v) is 16.1. The molecule has 8 nitrogen and oxygen atoms in total. The number of carboxylic acid groups (broad SMARTS) is 1. The Morgan fingerprint density at radius 3 is 2.46 bits per heavy atom. The molecule has 0 aliphatic heterocycles. The van der Waals surface area contributed by atoms with Gasteiger partial charge in [-0.15, -0.1) is 0 Å². The third-order valence-electron chi connectivity index (χ3n) is 3.46. The maximum absolute atomic E-state index is 12.4. The van der Waals surface area contributed by atoms with Crippen LogP contribution in [-0.2, 0) is 14.8 Å². The van der Waals surface area contributed by atoms with E-state index in [9.17, 15) is 18.0 Å². The van der Waals surface area contributed by atoms with E-state index in [-0.39, 0.29) is 28.7 Å². The number of unbranched alkanes of at least 4 members (excludes halogenated alkanes) is 2. The summed E-state index contributed by atoms with van der Waals surface area (Å²) in [6.07, 6.45) is 2.00. The van der Waals surface area contributed by atoms with Crippen LogP contribution in [0.25, 0.3) is 0 Å². The molecule has 0 heterocycles. The molecule has 0 unspecified atom stereocenters. The summed E-state index contributed by atoms with van der Waals surface area (Å²) in [5.74, 6) is -1.08. The predicted octanol–water partition coefficient (Wildman–Crippen LogP) is 1.76. The number of methoxy groups -OCH3 is 1. The number of hydrogen-bond donors (Lipinski definition) is 3. The first-order valence-electron chi connectivity index (χ1n) is 8.37. The van der Waals surface area contributed by atoms with Crippen LogP contribution in [0.1, 0.15) is 49.9 Å². The van der Waals surface area contributed by atoms with Gasteiger partial charge in [-0.3, -0.25) is 9.59 Å². The lowest BCUT2D eigenvalue weighted by Gasteiger charge is -2.14. The topological polar surface area (TPSA) is 122 Å². The normalized spacial score (nSPS) is 11.4. The molecule has 0 aromatic heterocycles. The summed E-state index contributed by atoms with van der Waals surface area (Å²) < 4.78 is 32.4. The van der Waals surface area contributed by atoms with Crippen molar-refractivity contribution in [3.05, 3.63) is 23.8 Å². The number of amides is 1. The first-order valence-corrected chi connectivity index (χ1v) is 9.86. The molecular formula is C17H26N2O6S. The first kappa shape index (κ1) is 21.9. The Hall–Kier alpha value is -2.13. The van der Waals surface area contributed by atoms with Crippen molar-refractivity contribution in [2.24, 2.45) is 0 Å². The quantitative estimate of drug-likeness (QED) is 0.498. The van der Waals surface area contributed by atoms with Crippen molar-refractivity contribution < 1.29 is 27.9 Å². The first-order chi connectivity index (χ1) is 12.2. The zero-order chi connectivity index (χ0) is 19.7. The van der Waals surface area contributed by atoms with Gasteiger partial charge in [0, 0.05) is 24.6 Å². The molecule has 0 saturated carbocycles. The van der Waals surface area contributed by atoms with E-state index in [1.807, 2.05) is 0 Å². The average molecular weight is 386 g/mol. The van der Waals surface area contributed by atoms with Crippen molar-refractivity contribution in [2.75, 3.05) is 13.7 Å². The molecule has 146 valence electrons. The summed E-state index contributed by atoms with van der Waals surface area (Å²) in [6.45, 7) is 3.78. The summed E-state index contributed by atoms with van der Waals surface area (Å²) in [4.78, 5) is 22.6. The highest BCUT2D eigenvalue weighted by molar-refractivity contribution is 7.89. The van der Waals surface area contributed by atoms with Gasteiger partial charge in [-0.05, 0) is 44.9 Å². The van der Waals surface area contributed by atoms with Gasteiger partial charge < -0.3 is 15.2 Å². The lowest BCUT2D eigenvalue weighted by Crippen LogP contribution is -2.31. The highest BCUT2D eigenvalue weighted by Gasteiger charge is 2.22. The number of hydrogen-bond acceptors (Lipinski definition) is 5. The molecular weight excluding hydrogens is 360 g/mol. The largest absolute Gasteiger partial charge is 0.495 e. The fraction of sp³-hybridized carbons (Fsp3) is 0.529. The lowest BCUT2D eigenvalue weighted by atomic mass is 10.1. The van der Waals surface area contributed by atoms with E-state index in [0.29, 0.717) is 25.8 Å². The second kappa shape index (κ2) is 10.1. The molecule has 26 heavy (non-hydrogen) atoms. The van der Waals surface area contributed by atoms with E-state index in [1.165, 1.54) is 25.3 Å². The molecule has 0 atom stereocenters. The fourth-order valence-electron chi connectivity index (χ4n) is 2.28. The number of carboxylic acids is 1. The average Bonchev–Trinajstić information content (AvgIpc) is 2.55. The molecule has 1 aromatic rings. The molecule has 1 rings (SSSR count). The minimum Gasteiger partial charge on any atom is -0.495 e. The second-order valence-electron chi connectivity index (χ2n) is 6.10. The van der Waals surface area contributed by atoms with E-state index < -0.39 is 21.9 Å². The summed E-state index contributed by atoms with van der Waals surface area (Å²) in [6, 6.07) is 3.92. The lowest BCUT2D eigenvalue weighted by molar-refractivity contribution is -0.137. The van der Waals surface area contributed by atoms with Crippen LogP contribution in [0.5, 0.6) is 5.75 Å². The monoisotopic (exact) mass is 386 g/mol. The third-order valence-corrected chi connectivity index (χ3v) is 5.14. The van der Waals surface area contributed by atoms with E-state index in [0.717, 1.165) is 0 Å². The van der Waals surface area contributed by atoms with Crippen molar-refractivity contribution >= 4 is 21.9 Å². The van der Waals surface area contributed by atoms with Gasteiger partial charge in [0.1, 0.15) is 10.6 Å². The SMILES string of the molecule is COc1ccc(C(=O)NCCCCCC(=O)O)cc1S(=O)(=O)NC(C)C. The van der Waals surface area contributed by atoms with Crippen molar-refractivity contribution in [3.63, 3.8) is 0 Å². The molecule has 0 aliphatic carbocycles. The van der Waals surface area contributed by atoms with Crippen LogP contribution in [0, 0.1) is 0 Å².